The highest BCUT2D eigenvalue weighted by molar-refractivity contribution is 6.04. The number of carbonyl (C=O) groups excluding carboxylic acids is 2. The lowest BCUT2D eigenvalue weighted by molar-refractivity contribution is -0.155. The van der Waals surface area contributed by atoms with Gasteiger partial charge < -0.3 is 14.8 Å². The van der Waals surface area contributed by atoms with E-state index in [1.54, 1.807) is 31.2 Å². The van der Waals surface area contributed by atoms with Crippen LogP contribution >= 0.6 is 0 Å². The second-order valence-electron chi connectivity index (χ2n) is 6.71. The second kappa shape index (κ2) is 9.21. The lowest BCUT2D eigenvalue weighted by Crippen LogP contribution is -2.29. The Labute approximate surface area is 160 Å². The van der Waals surface area contributed by atoms with E-state index in [2.05, 4.69) is 5.32 Å². The van der Waals surface area contributed by atoms with E-state index in [0.29, 0.717) is 11.3 Å². The summed E-state index contributed by atoms with van der Waals surface area (Å²) >= 11 is 0. The molecule has 2 atom stereocenters. The molecule has 1 amide bonds. The van der Waals surface area contributed by atoms with Crippen molar-refractivity contribution in [2.24, 2.45) is 0 Å². The molecule has 0 fully saturated rings. The van der Waals surface area contributed by atoms with Crippen molar-refractivity contribution in [3.05, 3.63) is 59.2 Å². The molecule has 144 valence electrons. The van der Waals surface area contributed by atoms with Gasteiger partial charge in [0.2, 0.25) is 0 Å². The van der Waals surface area contributed by atoms with Crippen LogP contribution in [-0.2, 0) is 9.53 Å². The summed E-state index contributed by atoms with van der Waals surface area (Å²) < 4.78 is 10.9. The molecule has 0 aromatic heterocycles. The molecule has 27 heavy (non-hydrogen) atoms. The van der Waals surface area contributed by atoms with Gasteiger partial charge in [-0.05, 0) is 70.0 Å². The highest BCUT2D eigenvalue weighted by Gasteiger charge is 2.18. The highest BCUT2D eigenvalue weighted by atomic mass is 16.6. The monoisotopic (exact) mass is 369 g/mol. The Morgan fingerprint density at radius 3 is 2.30 bits per heavy atom. The number of aryl methyl sites for hydroxylation is 2. The fourth-order valence-corrected chi connectivity index (χ4v) is 2.46. The topological polar surface area (TPSA) is 64.6 Å². The van der Waals surface area contributed by atoms with Gasteiger partial charge in [-0.2, -0.15) is 0 Å². The normalized spacial score (nSPS) is 12.8. The maximum Gasteiger partial charge on any atom is 0.347 e. The van der Waals surface area contributed by atoms with E-state index >= 15 is 0 Å². The van der Waals surface area contributed by atoms with Gasteiger partial charge in [0.1, 0.15) is 5.75 Å². The molecule has 0 spiro atoms. The molecule has 0 radical (unpaired) electrons. The molecular weight excluding hydrogens is 342 g/mol. The van der Waals surface area contributed by atoms with Crippen LogP contribution in [0.1, 0.15) is 48.7 Å². The first-order valence-corrected chi connectivity index (χ1v) is 9.16. The minimum absolute atomic E-state index is 0.139. The van der Waals surface area contributed by atoms with E-state index in [1.807, 2.05) is 45.9 Å². The Morgan fingerprint density at radius 2 is 1.70 bits per heavy atom. The van der Waals surface area contributed by atoms with Crippen LogP contribution in [0.15, 0.2) is 42.5 Å². The average molecular weight is 369 g/mol. The van der Waals surface area contributed by atoms with Crippen LogP contribution in [0.4, 0.5) is 5.69 Å². The molecular formula is C22H27NO4. The number of esters is 1. The number of ether oxygens (including phenoxy) is 2. The van der Waals surface area contributed by atoms with Crippen LogP contribution in [0.5, 0.6) is 5.75 Å². The van der Waals surface area contributed by atoms with Gasteiger partial charge in [0, 0.05) is 11.3 Å². The van der Waals surface area contributed by atoms with Crippen LogP contribution in [0.25, 0.3) is 0 Å². The zero-order valence-corrected chi connectivity index (χ0v) is 16.5. The number of hydrogen-bond acceptors (Lipinski definition) is 4. The Bertz CT molecular complexity index is 798. The van der Waals surface area contributed by atoms with Gasteiger partial charge in [0.25, 0.3) is 5.91 Å². The maximum atomic E-state index is 12.4. The highest BCUT2D eigenvalue weighted by Crippen LogP contribution is 2.19. The molecule has 2 aromatic rings. The van der Waals surface area contributed by atoms with E-state index in [0.717, 1.165) is 23.2 Å². The molecule has 0 aliphatic heterocycles. The molecule has 5 heteroatoms. The third-order valence-corrected chi connectivity index (χ3v) is 4.28. The molecule has 0 bridgehead atoms. The molecule has 0 saturated heterocycles. The van der Waals surface area contributed by atoms with Crippen molar-refractivity contribution < 1.29 is 19.1 Å². The van der Waals surface area contributed by atoms with E-state index < -0.39 is 12.1 Å². The van der Waals surface area contributed by atoms with Crippen molar-refractivity contribution in [3.63, 3.8) is 0 Å². The summed E-state index contributed by atoms with van der Waals surface area (Å²) in [5.74, 6) is -0.0922. The molecule has 2 rings (SSSR count). The van der Waals surface area contributed by atoms with Gasteiger partial charge in [-0.3, -0.25) is 4.79 Å². The lowest BCUT2D eigenvalue weighted by Gasteiger charge is -2.17. The quantitative estimate of drug-likeness (QED) is 0.721. The summed E-state index contributed by atoms with van der Waals surface area (Å²) in [7, 11) is 0. The molecule has 2 aromatic carbocycles. The first kappa shape index (κ1) is 20.5. The van der Waals surface area contributed by atoms with Crippen molar-refractivity contribution >= 4 is 17.6 Å². The second-order valence-corrected chi connectivity index (χ2v) is 6.71. The molecule has 0 unspecified atom stereocenters. The van der Waals surface area contributed by atoms with Gasteiger partial charge in [-0.15, -0.1) is 0 Å². The SMILES string of the molecule is CC[C@@H](C)OC(=O)[C@@H](C)Oc1ccc(C(=O)Nc2ccc(C)cc2C)cc1. The Hall–Kier alpha value is -2.82. The molecule has 5 nitrogen and oxygen atoms in total. The fourth-order valence-electron chi connectivity index (χ4n) is 2.46. The van der Waals surface area contributed by atoms with E-state index in [4.69, 9.17) is 9.47 Å². The van der Waals surface area contributed by atoms with Crippen LogP contribution in [0.3, 0.4) is 0 Å². The minimum Gasteiger partial charge on any atom is -0.479 e. The van der Waals surface area contributed by atoms with Crippen molar-refractivity contribution in [1.29, 1.82) is 0 Å². The van der Waals surface area contributed by atoms with Crippen molar-refractivity contribution in [2.75, 3.05) is 5.32 Å². The van der Waals surface area contributed by atoms with Gasteiger partial charge >= 0.3 is 5.97 Å². The third-order valence-electron chi connectivity index (χ3n) is 4.28. The fraction of sp³-hybridized carbons (Fsp3) is 0.364. The number of carbonyl (C=O) groups is 2. The first-order chi connectivity index (χ1) is 12.8. The molecule has 0 heterocycles. The summed E-state index contributed by atoms with van der Waals surface area (Å²) in [6.45, 7) is 9.40. The third kappa shape index (κ3) is 5.84. The summed E-state index contributed by atoms with van der Waals surface area (Å²) in [4.78, 5) is 24.4. The van der Waals surface area contributed by atoms with E-state index in [9.17, 15) is 9.59 Å². The van der Waals surface area contributed by atoms with E-state index in [-0.39, 0.29) is 12.0 Å². The van der Waals surface area contributed by atoms with Crippen molar-refractivity contribution in [1.82, 2.24) is 0 Å². The standard InChI is InChI=1S/C22H27NO4/c1-6-16(4)26-22(25)17(5)27-19-10-8-18(9-11-19)21(24)23-20-12-7-14(2)13-15(20)3/h7-13,16-17H,6H2,1-5H3,(H,23,24)/t16-,17-/m1/s1. The Balaban J connectivity index is 1.97. The first-order valence-electron chi connectivity index (χ1n) is 9.16. The van der Waals surface area contributed by atoms with Crippen LogP contribution < -0.4 is 10.1 Å². The van der Waals surface area contributed by atoms with Crippen LogP contribution in [-0.4, -0.2) is 24.1 Å². The number of rotatable bonds is 7. The summed E-state index contributed by atoms with van der Waals surface area (Å²) in [5.41, 5.74) is 3.45. The maximum absolute atomic E-state index is 12.4. The molecule has 1 N–H and O–H groups in total. The number of benzene rings is 2. The Kier molecular flexibility index (Phi) is 6.99. The van der Waals surface area contributed by atoms with Crippen LogP contribution in [0.2, 0.25) is 0 Å². The average Bonchev–Trinajstić information content (AvgIpc) is 2.64. The zero-order valence-electron chi connectivity index (χ0n) is 16.5. The summed E-state index contributed by atoms with van der Waals surface area (Å²) in [5, 5.41) is 2.91. The lowest BCUT2D eigenvalue weighted by atomic mass is 10.1. The summed E-state index contributed by atoms with van der Waals surface area (Å²) in [6, 6.07) is 12.5. The van der Waals surface area contributed by atoms with Gasteiger partial charge in [0.05, 0.1) is 6.10 Å². The zero-order chi connectivity index (χ0) is 20.0. The van der Waals surface area contributed by atoms with Gasteiger partial charge in [-0.25, -0.2) is 4.79 Å². The van der Waals surface area contributed by atoms with Gasteiger partial charge in [-0.1, -0.05) is 24.6 Å². The molecule has 0 saturated carbocycles. The molecule has 0 aliphatic carbocycles. The van der Waals surface area contributed by atoms with Gasteiger partial charge in [0.15, 0.2) is 6.10 Å². The predicted molar refractivity (Wildman–Crippen MR) is 106 cm³/mol. The number of nitrogens with one attached hydrogen (secondary N) is 1. The number of anilines is 1. The minimum atomic E-state index is -0.714. The van der Waals surface area contributed by atoms with Crippen molar-refractivity contribution in [3.8, 4) is 5.75 Å². The molecule has 0 aliphatic rings. The largest absolute Gasteiger partial charge is 0.479 e. The van der Waals surface area contributed by atoms with Crippen molar-refractivity contribution in [2.45, 2.75) is 53.2 Å². The number of hydrogen-bond donors (Lipinski definition) is 1. The summed E-state index contributed by atoms with van der Waals surface area (Å²) in [6.07, 6.45) is -0.100. The Morgan fingerprint density at radius 1 is 1.04 bits per heavy atom. The van der Waals surface area contributed by atoms with Crippen LogP contribution in [0, 0.1) is 13.8 Å². The predicted octanol–water partition coefficient (Wildman–Crippen LogP) is 4.66. The van der Waals surface area contributed by atoms with E-state index in [1.165, 1.54) is 0 Å². The number of amides is 1. The smallest absolute Gasteiger partial charge is 0.347 e.